The molecule has 14 nitrogen and oxygen atoms in total. The second-order valence-corrected chi connectivity index (χ2v) is 7.91. The number of carboxylic acid groups (broad SMARTS) is 3. The third-order valence-corrected chi connectivity index (χ3v) is 4.88. The molecule has 0 bridgehead atoms. The van der Waals surface area contributed by atoms with Gasteiger partial charge in [0.1, 0.15) is 12.6 Å². The van der Waals surface area contributed by atoms with Crippen molar-refractivity contribution in [2.45, 2.75) is 44.7 Å². The van der Waals surface area contributed by atoms with Gasteiger partial charge in [0.15, 0.2) is 0 Å². The SMILES string of the molecule is CCC(=O)O.O=C(O)CNC(=O)NC(CCCCNCC1CNCCNCCNCCN1)C(=O)O. The van der Waals surface area contributed by atoms with Crippen LogP contribution in [0.2, 0.25) is 0 Å². The van der Waals surface area contributed by atoms with Crippen molar-refractivity contribution in [2.75, 3.05) is 65.4 Å². The maximum Gasteiger partial charge on any atom is 0.326 e. The molecular formula is C21H43N7O7. The first-order valence-corrected chi connectivity index (χ1v) is 12.0. The average Bonchev–Trinajstić information content (AvgIpc) is 2.80. The van der Waals surface area contributed by atoms with Gasteiger partial charge in [0, 0.05) is 64.8 Å². The van der Waals surface area contributed by atoms with Crippen molar-refractivity contribution in [3.63, 3.8) is 0 Å². The van der Waals surface area contributed by atoms with Crippen LogP contribution in [0.5, 0.6) is 0 Å². The van der Waals surface area contributed by atoms with Crippen LogP contribution in [0.3, 0.4) is 0 Å². The Bertz CT molecular complexity index is 599. The molecular weight excluding hydrogens is 462 g/mol. The maximum absolute atomic E-state index is 11.5. The number of rotatable bonds is 12. The van der Waals surface area contributed by atoms with Crippen molar-refractivity contribution in [1.82, 2.24) is 37.2 Å². The summed E-state index contributed by atoms with van der Waals surface area (Å²) < 4.78 is 0. The van der Waals surface area contributed by atoms with E-state index in [0.717, 1.165) is 65.3 Å². The minimum absolute atomic E-state index is 0.222. The quantitative estimate of drug-likeness (QED) is 0.128. The zero-order valence-corrected chi connectivity index (χ0v) is 20.5. The minimum Gasteiger partial charge on any atom is -0.481 e. The molecule has 0 saturated carbocycles. The summed E-state index contributed by atoms with van der Waals surface area (Å²) in [6.45, 7) is 9.05. The predicted molar refractivity (Wildman–Crippen MR) is 131 cm³/mol. The van der Waals surface area contributed by atoms with Gasteiger partial charge >= 0.3 is 23.9 Å². The zero-order chi connectivity index (χ0) is 26.3. The third-order valence-electron chi connectivity index (χ3n) is 4.88. The number of carbonyl (C=O) groups is 4. The first-order chi connectivity index (χ1) is 16.8. The fourth-order valence-electron chi connectivity index (χ4n) is 2.96. The summed E-state index contributed by atoms with van der Waals surface area (Å²) in [6, 6.07) is -1.54. The molecule has 204 valence electrons. The van der Waals surface area contributed by atoms with Crippen LogP contribution >= 0.6 is 0 Å². The topological polar surface area (TPSA) is 213 Å². The molecule has 0 aromatic rings. The number of aliphatic carboxylic acids is 3. The summed E-state index contributed by atoms with van der Waals surface area (Å²) in [6.07, 6.45) is 1.89. The fourth-order valence-corrected chi connectivity index (χ4v) is 2.96. The smallest absolute Gasteiger partial charge is 0.326 e. The van der Waals surface area contributed by atoms with E-state index in [2.05, 4.69) is 37.2 Å². The van der Waals surface area contributed by atoms with Gasteiger partial charge in [-0.1, -0.05) is 6.92 Å². The molecule has 0 spiro atoms. The third kappa shape index (κ3) is 21.7. The number of hydrogen-bond acceptors (Lipinski definition) is 9. The maximum atomic E-state index is 11.5. The molecule has 10 N–H and O–H groups in total. The van der Waals surface area contributed by atoms with Gasteiger partial charge in [-0.25, -0.2) is 9.59 Å². The Labute approximate surface area is 206 Å². The highest BCUT2D eigenvalue weighted by Gasteiger charge is 2.19. The first kappa shape index (κ1) is 32.5. The number of urea groups is 1. The molecule has 0 aromatic heterocycles. The molecule has 2 unspecified atom stereocenters. The lowest BCUT2D eigenvalue weighted by atomic mass is 10.1. The van der Waals surface area contributed by atoms with Crippen LogP contribution < -0.4 is 37.2 Å². The van der Waals surface area contributed by atoms with Crippen LogP contribution in [-0.4, -0.2) is 117 Å². The Balaban J connectivity index is 0.00000209. The van der Waals surface area contributed by atoms with Crippen molar-refractivity contribution in [3.05, 3.63) is 0 Å². The van der Waals surface area contributed by atoms with Gasteiger partial charge in [-0.2, -0.15) is 0 Å². The second kappa shape index (κ2) is 22.0. The summed E-state index contributed by atoms with van der Waals surface area (Å²) in [7, 11) is 0. The van der Waals surface area contributed by atoms with Gasteiger partial charge in [-0.3, -0.25) is 9.59 Å². The summed E-state index contributed by atoms with van der Waals surface area (Å²) in [5, 5.41) is 46.9. The van der Waals surface area contributed by atoms with E-state index in [1.165, 1.54) is 0 Å². The number of unbranched alkanes of at least 4 members (excludes halogenated alkanes) is 1. The highest BCUT2D eigenvalue weighted by Crippen LogP contribution is 2.01. The number of amides is 2. The predicted octanol–water partition coefficient (Wildman–Crippen LogP) is -2.20. The monoisotopic (exact) mass is 505 g/mol. The Morgan fingerprint density at radius 2 is 1.49 bits per heavy atom. The number of carboxylic acids is 3. The lowest BCUT2D eigenvalue weighted by Crippen LogP contribution is -2.49. The van der Waals surface area contributed by atoms with Crippen molar-refractivity contribution in [3.8, 4) is 0 Å². The first-order valence-electron chi connectivity index (χ1n) is 12.0. The minimum atomic E-state index is -1.19. The van der Waals surface area contributed by atoms with Gasteiger partial charge in [0.2, 0.25) is 0 Å². The molecule has 0 aliphatic carbocycles. The van der Waals surface area contributed by atoms with Crippen LogP contribution in [-0.2, 0) is 14.4 Å². The van der Waals surface area contributed by atoms with Crippen molar-refractivity contribution in [2.24, 2.45) is 0 Å². The van der Waals surface area contributed by atoms with E-state index in [1.54, 1.807) is 6.92 Å². The number of hydrogen-bond donors (Lipinski definition) is 10. The molecule has 1 rings (SSSR count). The van der Waals surface area contributed by atoms with E-state index in [1.807, 2.05) is 0 Å². The van der Waals surface area contributed by atoms with Crippen molar-refractivity contribution >= 4 is 23.9 Å². The molecule has 0 aromatic carbocycles. The summed E-state index contributed by atoms with van der Waals surface area (Å²) in [4.78, 5) is 42.6. The van der Waals surface area contributed by atoms with E-state index in [4.69, 9.17) is 10.2 Å². The molecule has 1 aliphatic rings. The molecule has 0 radical (unpaired) electrons. The molecule has 35 heavy (non-hydrogen) atoms. The van der Waals surface area contributed by atoms with Gasteiger partial charge in [-0.15, -0.1) is 0 Å². The van der Waals surface area contributed by atoms with Crippen LogP contribution in [0, 0.1) is 0 Å². The van der Waals surface area contributed by atoms with Crippen molar-refractivity contribution < 1.29 is 34.5 Å². The van der Waals surface area contributed by atoms with Gasteiger partial charge < -0.3 is 52.5 Å². The molecule has 1 saturated heterocycles. The van der Waals surface area contributed by atoms with Crippen LogP contribution in [0.1, 0.15) is 32.6 Å². The number of carbonyl (C=O) groups excluding carboxylic acids is 1. The standard InChI is InChI=1S/C18H37N7O5.C3H6O2/c26-16(27)13-24-18(30)25-15(17(28)29)3-1-2-4-21-11-14-12-22-8-7-19-5-6-20-9-10-23-14;1-2-3(4)5/h14-15,19-23H,1-13H2,(H,26,27)(H,28,29)(H2,24,25,30);2H2,1H3,(H,4,5). The molecule has 14 heteroatoms. The highest BCUT2D eigenvalue weighted by molar-refractivity contribution is 5.84. The Morgan fingerprint density at radius 1 is 0.886 bits per heavy atom. The molecule has 1 aliphatic heterocycles. The van der Waals surface area contributed by atoms with Gasteiger partial charge in [0.05, 0.1) is 0 Å². The van der Waals surface area contributed by atoms with Gasteiger partial charge in [0.25, 0.3) is 0 Å². The second-order valence-electron chi connectivity index (χ2n) is 7.91. The molecule has 1 heterocycles. The van der Waals surface area contributed by atoms with E-state index in [9.17, 15) is 24.3 Å². The van der Waals surface area contributed by atoms with Crippen LogP contribution in [0.4, 0.5) is 4.79 Å². The summed E-state index contributed by atoms with van der Waals surface area (Å²) in [5.41, 5.74) is 0. The van der Waals surface area contributed by atoms with E-state index >= 15 is 0 Å². The van der Waals surface area contributed by atoms with E-state index in [0.29, 0.717) is 12.5 Å². The molecule has 1 fully saturated rings. The highest BCUT2D eigenvalue weighted by atomic mass is 16.4. The largest absolute Gasteiger partial charge is 0.481 e. The Kier molecular flexibility index (Phi) is 20.4. The summed E-state index contributed by atoms with van der Waals surface area (Å²) >= 11 is 0. The summed E-state index contributed by atoms with van der Waals surface area (Å²) in [5.74, 6) is -3.08. The Hall–Kier alpha value is -2.52. The normalized spacial score (nSPS) is 17.9. The lowest BCUT2D eigenvalue weighted by Gasteiger charge is -2.21. The number of nitrogens with one attached hydrogen (secondary N) is 7. The fraction of sp³-hybridized carbons (Fsp3) is 0.810. The Morgan fingerprint density at radius 3 is 2.06 bits per heavy atom. The lowest BCUT2D eigenvalue weighted by molar-refractivity contribution is -0.139. The average molecular weight is 506 g/mol. The van der Waals surface area contributed by atoms with E-state index in [-0.39, 0.29) is 12.8 Å². The molecule has 2 atom stereocenters. The molecule has 2 amide bonds. The van der Waals surface area contributed by atoms with Crippen molar-refractivity contribution in [1.29, 1.82) is 0 Å². The van der Waals surface area contributed by atoms with E-state index < -0.39 is 36.5 Å². The van der Waals surface area contributed by atoms with Crippen LogP contribution in [0.25, 0.3) is 0 Å². The van der Waals surface area contributed by atoms with Gasteiger partial charge in [-0.05, 0) is 25.8 Å². The zero-order valence-electron chi connectivity index (χ0n) is 20.5. The van der Waals surface area contributed by atoms with Crippen LogP contribution in [0.15, 0.2) is 0 Å².